The van der Waals surface area contributed by atoms with E-state index in [4.69, 9.17) is 0 Å². The summed E-state index contributed by atoms with van der Waals surface area (Å²) in [5.41, 5.74) is 0.757. The summed E-state index contributed by atoms with van der Waals surface area (Å²) in [4.78, 5) is 12.8. The van der Waals surface area contributed by atoms with Crippen molar-refractivity contribution in [2.45, 2.75) is 24.7 Å². The predicted octanol–water partition coefficient (Wildman–Crippen LogP) is 2.77. The molecule has 0 saturated heterocycles. The Balaban J connectivity index is 2.57. The third kappa shape index (κ3) is 4.52. The fourth-order valence-corrected chi connectivity index (χ4v) is 2.59. The van der Waals surface area contributed by atoms with Crippen molar-refractivity contribution in [1.29, 1.82) is 0 Å². The molecule has 0 aliphatic carbocycles. The van der Waals surface area contributed by atoms with Crippen molar-refractivity contribution in [3.63, 3.8) is 0 Å². The minimum absolute atomic E-state index is 0.0333. The number of hydrogen-bond donors (Lipinski definition) is 1. The molecule has 0 aromatic heterocycles. The van der Waals surface area contributed by atoms with Crippen LogP contribution in [0.3, 0.4) is 0 Å². The zero-order chi connectivity index (χ0) is 11.1. The van der Waals surface area contributed by atoms with Gasteiger partial charge in [-0.1, -0.05) is 0 Å². The van der Waals surface area contributed by atoms with Crippen LogP contribution in [-0.2, 0) is 0 Å². The molecule has 15 heavy (non-hydrogen) atoms. The van der Waals surface area contributed by atoms with E-state index >= 15 is 0 Å². The van der Waals surface area contributed by atoms with Crippen molar-refractivity contribution in [2.24, 2.45) is 0 Å². The Labute approximate surface area is 108 Å². The number of carbonyl (C=O) groups is 1. The number of hydrogen-bond acceptors (Lipinski definition) is 2. The molecule has 0 fully saturated rings. The molecule has 0 heterocycles. The summed E-state index contributed by atoms with van der Waals surface area (Å²) in [7, 11) is 1.70. The fraction of sp³-hybridized carbons (Fsp3) is 0.364. The van der Waals surface area contributed by atoms with Crippen LogP contribution in [0.2, 0.25) is 0 Å². The van der Waals surface area contributed by atoms with E-state index in [-0.39, 0.29) is 5.91 Å². The number of amides is 1. The van der Waals surface area contributed by atoms with E-state index in [0.29, 0.717) is 0 Å². The third-order valence-corrected chi connectivity index (χ3v) is 4.51. The van der Waals surface area contributed by atoms with Crippen LogP contribution in [0.5, 0.6) is 0 Å². The van der Waals surface area contributed by atoms with Crippen molar-refractivity contribution in [3.8, 4) is 0 Å². The Hall–Kier alpha value is -0.0769. The second-order valence-corrected chi connectivity index (χ2v) is 5.64. The first-order valence-corrected chi connectivity index (χ1v) is 9.26. The molecular formula is C11H14AtNOS. The van der Waals surface area contributed by atoms with Crippen molar-refractivity contribution in [1.82, 2.24) is 5.32 Å². The number of unbranched alkanes of at least 4 members (excludes halogenated alkanes) is 1. The Bertz CT molecular complexity index is 330. The Morgan fingerprint density at radius 3 is 3.00 bits per heavy atom. The second-order valence-electron chi connectivity index (χ2n) is 3.21. The maximum atomic E-state index is 11.7. The van der Waals surface area contributed by atoms with Crippen LogP contribution in [-0.4, -0.2) is 12.5 Å². The van der Waals surface area contributed by atoms with Gasteiger partial charge < -0.3 is 0 Å². The topological polar surface area (TPSA) is 29.1 Å². The van der Waals surface area contributed by atoms with Crippen LogP contribution in [0.1, 0.15) is 30.1 Å². The van der Waals surface area contributed by atoms with Crippen molar-refractivity contribution in [3.05, 3.63) is 29.8 Å². The van der Waals surface area contributed by atoms with Crippen LogP contribution in [0.4, 0.5) is 0 Å². The molecule has 1 rings (SSSR count). The molecule has 0 saturated carbocycles. The first-order chi connectivity index (χ1) is 7.27. The average molecular weight is 418 g/mol. The molecular weight excluding hydrogens is 404 g/mol. The average Bonchev–Trinajstić information content (AvgIpc) is 2.29. The van der Waals surface area contributed by atoms with E-state index in [2.05, 4.69) is 12.2 Å². The van der Waals surface area contributed by atoms with E-state index in [1.807, 2.05) is 24.3 Å². The van der Waals surface area contributed by atoms with Gasteiger partial charge in [0.25, 0.3) is 0 Å². The summed E-state index contributed by atoms with van der Waals surface area (Å²) in [5, 5.41) is 2.91. The first kappa shape index (κ1) is 13.0. The summed E-state index contributed by atoms with van der Waals surface area (Å²) < 4.78 is 0. The summed E-state index contributed by atoms with van der Waals surface area (Å²) >= 11 is 1.63. The van der Waals surface area contributed by atoms with Crippen LogP contribution < -0.4 is 5.32 Å². The zero-order valence-electron chi connectivity index (χ0n) is 8.63. The molecule has 2 nitrogen and oxygen atoms in total. The summed E-state index contributed by atoms with van der Waals surface area (Å²) in [6.45, 7) is 2.88. The van der Waals surface area contributed by atoms with Crippen molar-refractivity contribution >= 4 is 14.4 Å². The van der Waals surface area contributed by atoms with Gasteiger partial charge in [-0.05, 0) is 0 Å². The number of carbonyl (C=O) groups excluding carboxylic acids is 1. The van der Waals surface area contributed by atoms with Crippen molar-refractivity contribution in [2.75, 3.05) is 6.54 Å². The van der Waals surface area contributed by atoms with E-state index < -0.39 is 0 Å². The van der Waals surface area contributed by atoms with Gasteiger partial charge in [-0.3, -0.25) is 0 Å². The third-order valence-electron chi connectivity index (χ3n) is 2.00. The standard InChI is InChI=1S/C11H14AtNOS/c1-2-3-7-13-11(14)9-5-4-6-10(8-9)15-12/h4-6,8H,2-3,7H2,1H3,(H,13,14). The summed E-state index contributed by atoms with van der Waals surface area (Å²) in [6, 6.07) is 7.74. The molecule has 0 aliphatic rings. The van der Waals surface area contributed by atoms with E-state index in [9.17, 15) is 4.79 Å². The molecule has 0 atom stereocenters. The summed E-state index contributed by atoms with van der Waals surface area (Å²) in [6.07, 6.45) is 2.14. The molecule has 1 aromatic rings. The molecule has 1 amide bonds. The predicted molar refractivity (Wildman–Crippen MR) is 59.5 cm³/mol. The van der Waals surface area contributed by atoms with E-state index in [0.717, 1.165) is 29.8 Å². The molecule has 1 N–H and O–H groups in total. The Morgan fingerprint density at radius 1 is 1.53 bits per heavy atom. The van der Waals surface area contributed by atoms with Gasteiger partial charge in [-0.2, -0.15) is 0 Å². The van der Waals surface area contributed by atoms with E-state index in [1.165, 1.54) is 0 Å². The summed E-state index contributed by atoms with van der Waals surface area (Å²) in [5.74, 6) is 0.0333. The molecule has 0 spiro atoms. The molecule has 0 unspecified atom stereocenters. The monoisotopic (exact) mass is 418 g/mol. The maximum absolute atomic E-state index is 11.7. The van der Waals surface area contributed by atoms with Gasteiger partial charge in [0.05, 0.1) is 0 Å². The van der Waals surface area contributed by atoms with Gasteiger partial charge in [0.2, 0.25) is 0 Å². The molecule has 0 radical (unpaired) electrons. The van der Waals surface area contributed by atoms with Gasteiger partial charge in [0.15, 0.2) is 0 Å². The van der Waals surface area contributed by atoms with Crippen molar-refractivity contribution < 1.29 is 28.0 Å². The van der Waals surface area contributed by atoms with Gasteiger partial charge >= 0.3 is 109 Å². The number of nitrogens with one attached hydrogen (secondary N) is 1. The van der Waals surface area contributed by atoms with E-state index in [1.54, 1.807) is 31.8 Å². The molecule has 1 aromatic carbocycles. The van der Waals surface area contributed by atoms with Crippen LogP contribution in [0.15, 0.2) is 29.2 Å². The zero-order valence-corrected chi connectivity index (χ0v) is 12.4. The van der Waals surface area contributed by atoms with Gasteiger partial charge in [-0.25, -0.2) is 0 Å². The normalized spacial score (nSPS) is 10.0. The van der Waals surface area contributed by atoms with Crippen LogP contribution in [0.25, 0.3) is 0 Å². The fourth-order valence-electron chi connectivity index (χ4n) is 1.17. The quantitative estimate of drug-likeness (QED) is 0.746. The Kier molecular flexibility index (Phi) is 6.27. The second kappa shape index (κ2) is 7.24. The van der Waals surface area contributed by atoms with Crippen LogP contribution >= 0.6 is 8.52 Å². The van der Waals surface area contributed by atoms with Gasteiger partial charge in [-0.15, -0.1) is 0 Å². The minimum atomic E-state index is 0.0333. The van der Waals surface area contributed by atoms with Gasteiger partial charge in [0.1, 0.15) is 0 Å². The molecule has 0 bridgehead atoms. The number of rotatable bonds is 5. The van der Waals surface area contributed by atoms with Gasteiger partial charge in [0, 0.05) is 0 Å². The molecule has 4 heteroatoms. The number of benzene rings is 1. The SMILES string of the molecule is CCCCNC(=O)c1cccc(S[At])c1. The Morgan fingerprint density at radius 2 is 2.33 bits per heavy atom. The first-order valence-electron chi connectivity index (χ1n) is 4.94. The van der Waals surface area contributed by atoms with Crippen LogP contribution in [0, 0.1) is 23.3 Å². The molecule has 82 valence electrons. The molecule has 0 aliphatic heterocycles.